The summed E-state index contributed by atoms with van der Waals surface area (Å²) in [6.07, 6.45) is 6.53. The van der Waals surface area contributed by atoms with Crippen molar-refractivity contribution in [3.8, 4) is 0 Å². The van der Waals surface area contributed by atoms with Crippen molar-refractivity contribution >= 4 is 21.7 Å². The summed E-state index contributed by atoms with van der Waals surface area (Å²) in [4.78, 5) is 8.75. The Bertz CT molecular complexity index is 707. The van der Waals surface area contributed by atoms with E-state index < -0.39 is 0 Å². The molecule has 0 radical (unpaired) electrons. The molecule has 0 saturated heterocycles. The Hall–Kier alpha value is -2.14. The van der Waals surface area contributed by atoms with Gasteiger partial charge in [0.1, 0.15) is 11.6 Å². The van der Waals surface area contributed by atoms with Gasteiger partial charge in [0.25, 0.3) is 0 Å². The molecule has 0 fully saturated rings. The first-order chi connectivity index (χ1) is 10.8. The van der Waals surface area contributed by atoms with Crippen LogP contribution in [0.4, 0.5) is 5.82 Å². The number of pyridine rings is 1. The van der Waals surface area contributed by atoms with E-state index in [2.05, 4.69) is 60.0 Å². The van der Waals surface area contributed by atoms with Gasteiger partial charge in [-0.25, -0.2) is 9.97 Å². The van der Waals surface area contributed by atoms with E-state index in [1.54, 1.807) is 6.20 Å². The summed E-state index contributed by atoms with van der Waals surface area (Å²) in [5.74, 6) is 1.96. The number of hydrogen-bond donors (Lipinski definition) is 1. The predicted octanol–water partition coefficient (Wildman–Crippen LogP) is 3.74. The Morgan fingerprint density at radius 3 is 2.68 bits per heavy atom. The second-order valence-corrected chi connectivity index (χ2v) is 5.91. The average Bonchev–Trinajstić information content (AvgIpc) is 2.98. The average molecular weight is 357 g/mol. The molecule has 0 spiro atoms. The van der Waals surface area contributed by atoms with Crippen molar-refractivity contribution < 1.29 is 0 Å². The van der Waals surface area contributed by atoms with E-state index in [1.165, 1.54) is 5.56 Å². The molecule has 0 aliphatic heterocycles. The van der Waals surface area contributed by atoms with Crippen LogP contribution in [0.25, 0.3) is 0 Å². The first kappa shape index (κ1) is 14.8. The summed E-state index contributed by atoms with van der Waals surface area (Å²) >= 11 is 3.38. The molecule has 112 valence electrons. The second kappa shape index (κ2) is 7.22. The molecular weight excluding hydrogens is 340 g/mol. The molecule has 0 aliphatic carbocycles. The van der Waals surface area contributed by atoms with Crippen LogP contribution in [0.3, 0.4) is 0 Å². The Balaban J connectivity index is 1.57. The summed E-state index contributed by atoms with van der Waals surface area (Å²) < 4.78 is 3.17. The third-order valence-corrected chi connectivity index (χ3v) is 3.85. The van der Waals surface area contributed by atoms with E-state index in [0.717, 1.165) is 35.6 Å². The van der Waals surface area contributed by atoms with Crippen molar-refractivity contribution in [2.24, 2.45) is 0 Å². The van der Waals surface area contributed by atoms with Gasteiger partial charge < -0.3 is 9.88 Å². The number of hydrogen-bond acceptors (Lipinski definition) is 3. The van der Waals surface area contributed by atoms with Gasteiger partial charge in [0.05, 0.1) is 0 Å². The molecule has 4 nitrogen and oxygen atoms in total. The van der Waals surface area contributed by atoms with Crippen LogP contribution >= 0.6 is 15.9 Å². The molecule has 1 N–H and O–H groups in total. The summed E-state index contributed by atoms with van der Waals surface area (Å²) in [5.41, 5.74) is 1.28. The Morgan fingerprint density at radius 1 is 1.05 bits per heavy atom. The van der Waals surface area contributed by atoms with E-state index in [4.69, 9.17) is 0 Å². The monoisotopic (exact) mass is 356 g/mol. The molecule has 2 heterocycles. The van der Waals surface area contributed by atoms with Crippen LogP contribution in [0.15, 0.2) is 65.5 Å². The maximum Gasteiger partial charge on any atom is 0.125 e. The molecule has 5 heteroatoms. The molecule has 1 aromatic carbocycles. The summed E-state index contributed by atoms with van der Waals surface area (Å²) in [7, 11) is 0. The zero-order valence-corrected chi connectivity index (χ0v) is 13.7. The van der Waals surface area contributed by atoms with Crippen molar-refractivity contribution in [1.82, 2.24) is 14.5 Å². The third-order valence-electron chi connectivity index (χ3n) is 3.38. The fraction of sp³-hybridized carbons (Fsp3) is 0.176. The van der Waals surface area contributed by atoms with E-state index in [1.807, 2.05) is 30.6 Å². The van der Waals surface area contributed by atoms with Crippen molar-refractivity contribution in [2.75, 3.05) is 11.9 Å². The van der Waals surface area contributed by atoms with Crippen molar-refractivity contribution in [3.63, 3.8) is 0 Å². The van der Waals surface area contributed by atoms with Gasteiger partial charge >= 0.3 is 0 Å². The summed E-state index contributed by atoms with van der Waals surface area (Å²) in [6, 6.07) is 14.4. The van der Waals surface area contributed by atoms with Gasteiger partial charge in [0, 0.05) is 42.6 Å². The highest BCUT2D eigenvalue weighted by Gasteiger charge is 2.03. The Labute approximate surface area is 138 Å². The lowest BCUT2D eigenvalue weighted by atomic mass is 10.2. The van der Waals surface area contributed by atoms with Gasteiger partial charge in [0.15, 0.2) is 0 Å². The molecule has 22 heavy (non-hydrogen) atoms. The molecule has 0 saturated carbocycles. The van der Waals surface area contributed by atoms with Crippen molar-refractivity contribution in [1.29, 1.82) is 0 Å². The fourth-order valence-electron chi connectivity index (χ4n) is 2.28. The second-order valence-electron chi connectivity index (χ2n) is 5.00. The maximum atomic E-state index is 4.45. The minimum Gasteiger partial charge on any atom is -0.370 e. The van der Waals surface area contributed by atoms with Crippen LogP contribution in [-0.2, 0) is 13.0 Å². The van der Waals surface area contributed by atoms with Crippen LogP contribution < -0.4 is 5.32 Å². The van der Waals surface area contributed by atoms with E-state index >= 15 is 0 Å². The highest BCUT2D eigenvalue weighted by molar-refractivity contribution is 9.10. The van der Waals surface area contributed by atoms with Crippen molar-refractivity contribution in [3.05, 3.63) is 76.9 Å². The zero-order chi connectivity index (χ0) is 15.2. The lowest BCUT2D eigenvalue weighted by molar-refractivity contribution is 0.722. The molecule has 0 bridgehead atoms. The minimum atomic E-state index is 0.806. The summed E-state index contributed by atoms with van der Waals surface area (Å²) in [6.45, 7) is 1.66. The van der Waals surface area contributed by atoms with E-state index in [0.29, 0.717) is 0 Å². The van der Waals surface area contributed by atoms with Crippen LogP contribution in [0.5, 0.6) is 0 Å². The number of nitrogens with one attached hydrogen (secondary N) is 1. The Kier molecular flexibility index (Phi) is 4.85. The fourth-order valence-corrected chi connectivity index (χ4v) is 2.51. The van der Waals surface area contributed by atoms with Crippen LogP contribution in [0, 0.1) is 0 Å². The van der Waals surface area contributed by atoms with Gasteiger partial charge in [0.2, 0.25) is 0 Å². The quantitative estimate of drug-likeness (QED) is 0.731. The van der Waals surface area contributed by atoms with Crippen LogP contribution in [-0.4, -0.2) is 21.1 Å². The maximum absolute atomic E-state index is 4.45. The molecular formula is C17H17BrN4. The molecule has 3 rings (SSSR count). The van der Waals surface area contributed by atoms with Gasteiger partial charge in [-0.3, -0.25) is 0 Å². The topological polar surface area (TPSA) is 42.7 Å². The molecule has 0 atom stereocenters. The molecule has 2 aromatic heterocycles. The Morgan fingerprint density at radius 2 is 1.91 bits per heavy atom. The highest BCUT2D eigenvalue weighted by Crippen LogP contribution is 2.11. The van der Waals surface area contributed by atoms with Gasteiger partial charge in [-0.1, -0.05) is 30.3 Å². The first-order valence-electron chi connectivity index (χ1n) is 7.20. The zero-order valence-electron chi connectivity index (χ0n) is 12.1. The molecule has 0 amide bonds. The van der Waals surface area contributed by atoms with Gasteiger partial charge in [-0.05, 0) is 33.6 Å². The number of imidazole rings is 1. The molecule has 0 aliphatic rings. The molecule has 3 aromatic rings. The third kappa shape index (κ3) is 3.95. The SMILES string of the molecule is Brc1ccc(NCCc2nccn2Cc2ccccc2)nc1. The van der Waals surface area contributed by atoms with Crippen molar-refractivity contribution in [2.45, 2.75) is 13.0 Å². The lowest BCUT2D eigenvalue weighted by Crippen LogP contribution is -2.11. The normalized spacial score (nSPS) is 10.6. The van der Waals surface area contributed by atoms with Crippen LogP contribution in [0.2, 0.25) is 0 Å². The minimum absolute atomic E-state index is 0.806. The number of anilines is 1. The largest absolute Gasteiger partial charge is 0.370 e. The standard InChI is InChI=1S/C17H17BrN4/c18-15-6-7-16(21-12-15)19-9-8-17-20-10-11-22(17)13-14-4-2-1-3-5-14/h1-7,10-12H,8-9,13H2,(H,19,21). The number of rotatable bonds is 6. The number of aromatic nitrogens is 3. The van der Waals surface area contributed by atoms with E-state index in [9.17, 15) is 0 Å². The smallest absolute Gasteiger partial charge is 0.125 e. The number of nitrogens with zero attached hydrogens (tertiary/aromatic N) is 3. The van der Waals surface area contributed by atoms with Gasteiger partial charge in [-0.15, -0.1) is 0 Å². The lowest BCUT2D eigenvalue weighted by Gasteiger charge is -2.09. The predicted molar refractivity (Wildman–Crippen MR) is 91.9 cm³/mol. The number of benzene rings is 1. The highest BCUT2D eigenvalue weighted by atomic mass is 79.9. The van der Waals surface area contributed by atoms with E-state index in [-0.39, 0.29) is 0 Å². The molecule has 0 unspecified atom stereocenters. The van der Waals surface area contributed by atoms with Gasteiger partial charge in [-0.2, -0.15) is 0 Å². The van der Waals surface area contributed by atoms with Crippen LogP contribution in [0.1, 0.15) is 11.4 Å². The summed E-state index contributed by atoms with van der Waals surface area (Å²) in [5, 5.41) is 3.32. The number of halogens is 1. The first-order valence-corrected chi connectivity index (χ1v) is 8.00.